The number of nitrogens with zero attached hydrogens (tertiary/aromatic N) is 3. The molecule has 1 saturated heterocycles. The zero-order valence-electron chi connectivity index (χ0n) is 11.1. The molecule has 1 aliphatic rings. The highest BCUT2D eigenvalue weighted by atomic mass is 79.9. The van der Waals surface area contributed by atoms with Gasteiger partial charge < -0.3 is 4.74 Å². The second kappa shape index (κ2) is 6.88. The van der Waals surface area contributed by atoms with E-state index in [4.69, 9.17) is 4.74 Å². The zero-order valence-corrected chi connectivity index (χ0v) is 13.5. The van der Waals surface area contributed by atoms with Crippen molar-refractivity contribution in [3.63, 3.8) is 0 Å². The molecule has 5 nitrogen and oxygen atoms in total. The average molecular weight is 348 g/mol. The third kappa shape index (κ3) is 3.39. The number of halogens is 1. The smallest absolute Gasteiger partial charge is 0.199 e. The Balaban J connectivity index is 2.19. The van der Waals surface area contributed by atoms with E-state index in [2.05, 4.69) is 25.9 Å². The summed E-state index contributed by atoms with van der Waals surface area (Å²) in [7, 11) is 3.65. The molecule has 2 rings (SSSR count). The van der Waals surface area contributed by atoms with Gasteiger partial charge in [-0.1, -0.05) is 0 Å². The molecule has 0 aromatic carbocycles. The second-order valence-corrected chi connectivity index (χ2v) is 6.50. The van der Waals surface area contributed by atoms with E-state index in [0.29, 0.717) is 18.8 Å². The fourth-order valence-electron chi connectivity index (χ4n) is 2.07. The molecular formula is C12H18BrN3O2S. The molecule has 0 amide bonds. The predicted molar refractivity (Wildman–Crippen MR) is 79.9 cm³/mol. The molecule has 0 bridgehead atoms. The summed E-state index contributed by atoms with van der Waals surface area (Å²) in [5.41, 5.74) is 0.649. The van der Waals surface area contributed by atoms with Gasteiger partial charge in [-0.15, -0.1) is 0 Å². The van der Waals surface area contributed by atoms with Crippen LogP contribution < -0.4 is 0 Å². The maximum absolute atomic E-state index is 12.7. The van der Waals surface area contributed by atoms with Crippen LogP contribution in [-0.4, -0.2) is 65.3 Å². The van der Waals surface area contributed by atoms with Crippen LogP contribution in [0.3, 0.4) is 0 Å². The van der Waals surface area contributed by atoms with Gasteiger partial charge >= 0.3 is 0 Å². The summed E-state index contributed by atoms with van der Waals surface area (Å²) < 4.78 is 7.54. The maximum Gasteiger partial charge on any atom is 0.199 e. The molecule has 1 unspecified atom stereocenters. The molecule has 0 N–H and O–H groups in total. The number of Topliss-reactive ketones (excluding diaryl/α,β-unsaturated/α-hetero) is 1. The number of likely N-dealkylation sites (N-methyl/N-ethyl adjacent to an activating group) is 1. The summed E-state index contributed by atoms with van der Waals surface area (Å²) in [5, 5.41) is 4.24. The Morgan fingerprint density at radius 3 is 3.16 bits per heavy atom. The molecule has 7 heteroatoms. The highest BCUT2D eigenvalue weighted by molar-refractivity contribution is 9.10. The minimum atomic E-state index is -0.0620. The lowest BCUT2D eigenvalue weighted by atomic mass is 10.1. The lowest BCUT2D eigenvalue weighted by Gasteiger charge is -2.30. The molecule has 1 aliphatic heterocycles. The Labute approximate surface area is 125 Å². The lowest BCUT2D eigenvalue weighted by molar-refractivity contribution is 0.0859. The van der Waals surface area contributed by atoms with E-state index in [1.54, 1.807) is 18.0 Å². The average Bonchev–Trinajstić information content (AvgIpc) is 2.77. The fourth-order valence-corrected chi connectivity index (χ4v) is 3.78. The number of ketones is 1. The van der Waals surface area contributed by atoms with Crippen LogP contribution in [0.2, 0.25) is 0 Å². The fraction of sp³-hybridized carbons (Fsp3) is 0.667. The summed E-state index contributed by atoms with van der Waals surface area (Å²) in [6, 6.07) is -0.0620. The van der Waals surface area contributed by atoms with Crippen molar-refractivity contribution < 1.29 is 9.53 Å². The van der Waals surface area contributed by atoms with Crippen molar-refractivity contribution >= 4 is 33.5 Å². The third-order valence-corrected chi connectivity index (χ3v) is 4.84. The standard InChI is InChI=1S/C12H18BrN3O2S/c1-15-4-6-19-8-10(15)12(17)11-9(13)7-14-16(11)3-5-18-2/h7,10H,3-6,8H2,1-2H3. The number of methoxy groups -OCH3 is 1. The van der Waals surface area contributed by atoms with Gasteiger partial charge in [0.1, 0.15) is 5.69 Å². The van der Waals surface area contributed by atoms with E-state index >= 15 is 0 Å². The van der Waals surface area contributed by atoms with Crippen molar-refractivity contribution in [2.45, 2.75) is 12.6 Å². The topological polar surface area (TPSA) is 47.4 Å². The first-order valence-electron chi connectivity index (χ1n) is 6.17. The van der Waals surface area contributed by atoms with Crippen LogP contribution in [0.25, 0.3) is 0 Å². The molecule has 1 fully saturated rings. The van der Waals surface area contributed by atoms with Crippen molar-refractivity contribution in [2.24, 2.45) is 0 Å². The largest absolute Gasteiger partial charge is 0.383 e. The second-order valence-electron chi connectivity index (χ2n) is 4.49. The molecular weight excluding hydrogens is 330 g/mol. The molecule has 1 atom stereocenters. The Hall–Kier alpha value is -0.370. The third-order valence-electron chi connectivity index (χ3n) is 3.23. The van der Waals surface area contributed by atoms with Gasteiger partial charge in [-0.05, 0) is 23.0 Å². The van der Waals surface area contributed by atoms with Crippen LogP contribution in [0, 0.1) is 0 Å². The van der Waals surface area contributed by atoms with Gasteiger partial charge in [-0.3, -0.25) is 14.4 Å². The molecule has 1 aromatic heterocycles. The highest BCUT2D eigenvalue weighted by Gasteiger charge is 2.30. The van der Waals surface area contributed by atoms with E-state index in [9.17, 15) is 4.79 Å². The Morgan fingerprint density at radius 2 is 2.47 bits per heavy atom. The number of carbonyl (C=O) groups excluding carboxylic acids is 1. The molecule has 0 aliphatic carbocycles. The summed E-state index contributed by atoms with van der Waals surface area (Å²) in [6.45, 7) is 2.08. The lowest BCUT2D eigenvalue weighted by Crippen LogP contribution is -2.45. The SMILES string of the molecule is COCCn1ncc(Br)c1C(=O)C1CSCCN1C. The number of hydrogen-bond acceptors (Lipinski definition) is 5. The molecule has 1 aromatic rings. The van der Waals surface area contributed by atoms with E-state index in [1.807, 2.05) is 18.8 Å². The number of hydrogen-bond donors (Lipinski definition) is 0. The first kappa shape index (κ1) is 15.0. The highest BCUT2D eigenvalue weighted by Crippen LogP contribution is 2.23. The molecule has 2 heterocycles. The van der Waals surface area contributed by atoms with Gasteiger partial charge in [-0.2, -0.15) is 16.9 Å². The van der Waals surface area contributed by atoms with E-state index in [1.165, 1.54) is 0 Å². The molecule has 0 saturated carbocycles. The number of thioether (sulfide) groups is 1. The molecule has 106 valence electrons. The summed E-state index contributed by atoms with van der Waals surface area (Å²) in [5.74, 6) is 2.07. The van der Waals surface area contributed by atoms with Crippen molar-refractivity contribution in [3.05, 3.63) is 16.4 Å². The van der Waals surface area contributed by atoms with Gasteiger partial charge in [0.15, 0.2) is 5.78 Å². The quantitative estimate of drug-likeness (QED) is 0.755. The number of ether oxygens (including phenoxy) is 1. The molecule has 0 radical (unpaired) electrons. The van der Waals surface area contributed by atoms with Crippen LogP contribution in [-0.2, 0) is 11.3 Å². The van der Waals surface area contributed by atoms with E-state index in [-0.39, 0.29) is 11.8 Å². The van der Waals surface area contributed by atoms with Gasteiger partial charge in [0.25, 0.3) is 0 Å². The monoisotopic (exact) mass is 347 g/mol. The molecule has 0 spiro atoms. The maximum atomic E-state index is 12.7. The van der Waals surface area contributed by atoms with Crippen LogP contribution in [0.4, 0.5) is 0 Å². The minimum absolute atomic E-state index is 0.0620. The first-order valence-corrected chi connectivity index (χ1v) is 8.12. The number of aromatic nitrogens is 2. The van der Waals surface area contributed by atoms with Crippen LogP contribution >= 0.6 is 27.7 Å². The van der Waals surface area contributed by atoms with Crippen molar-refractivity contribution in [3.8, 4) is 0 Å². The summed E-state index contributed by atoms with van der Waals surface area (Å²) in [6.07, 6.45) is 1.68. The Morgan fingerprint density at radius 1 is 1.68 bits per heavy atom. The zero-order chi connectivity index (χ0) is 13.8. The normalized spacial score (nSPS) is 20.7. The first-order chi connectivity index (χ1) is 9.15. The van der Waals surface area contributed by atoms with E-state index < -0.39 is 0 Å². The van der Waals surface area contributed by atoms with Crippen LogP contribution in [0.15, 0.2) is 10.7 Å². The Kier molecular flexibility index (Phi) is 5.44. The summed E-state index contributed by atoms with van der Waals surface area (Å²) in [4.78, 5) is 14.8. The van der Waals surface area contributed by atoms with Crippen molar-refractivity contribution in [2.75, 3.05) is 38.8 Å². The van der Waals surface area contributed by atoms with Crippen LogP contribution in [0.1, 0.15) is 10.5 Å². The van der Waals surface area contributed by atoms with Crippen molar-refractivity contribution in [1.82, 2.24) is 14.7 Å². The van der Waals surface area contributed by atoms with Crippen LogP contribution in [0.5, 0.6) is 0 Å². The van der Waals surface area contributed by atoms with Gasteiger partial charge in [0.2, 0.25) is 0 Å². The van der Waals surface area contributed by atoms with Gasteiger partial charge in [0, 0.05) is 25.2 Å². The Bertz CT molecular complexity index is 452. The predicted octanol–water partition coefficient (Wildman–Crippen LogP) is 1.52. The van der Waals surface area contributed by atoms with Crippen molar-refractivity contribution in [1.29, 1.82) is 0 Å². The molecule has 19 heavy (non-hydrogen) atoms. The number of rotatable bonds is 5. The summed E-state index contributed by atoms with van der Waals surface area (Å²) >= 11 is 5.26. The van der Waals surface area contributed by atoms with E-state index in [0.717, 1.165) is 22.5 Å². The van der Waals surface area contributed by atoms with Gasteiger partial charge in [0.05, 0.1) is 29.9 Å². The van der Waals surface area contributed by atoms with Gasteiger partial charge in [-0.25, -0.2) is 0 Å². The number of carbonyl (C=O) groups is 1. The minimum Gasteiger partial charge on any atom is -0.383 e.